The van der Waals surface area contributed by atoms with Crippen molar-refractivity contribution in [2.45, 2.75) is 51.4 Å². The third kappa shape index (κ3) is 2.11. The molecule has 2 aromatic carbocycles. The minimum atomic E-state index is 0.0461. The predicted octanol–water partition coefficient (Wildman–Crippen LogP) is 7.60. The van der Waals surface area contributed by atoms with Crippen LogP contribution in [0.25, 0.3) is 16.7 Å². The van der Waals surface area contributed by atoms with Crippen molar-refractivity contribution in [1.29, 1.82) is 0 Å². The van der Waals surface area contributed by atoms with Crippen LogP contribution in [0.3, 0.4) is 0 Å². The van der Waals surface area contributed by atoms with Gasteiger partial charge in [0.15, 0.2) is 0 Å². The van der Waals surface area contributed by atoms with Gasteiger partial charge in [-0.05, 0) is 81.6 Å². The highest BCUT2D eigenvalue weighted by molar-refractivity contribution is 6.31. The summed E-state index contributed by atoms with van der Waals surface area (Å²) in [6, 6.07) is 11.4. The SMILES string of the molecule is CCC1(C)c2ccc(Cl)cc2-c2cc3c(cc21)C1=C(CC=CC=C1)C3(C)C. The van der Waals surface area contributed by atoms with E-state index >= 15 is 0 Å². The van der Waals surface area contributed by atoms with E-state index in [1.807, 2.05) is 6.07 Å². The van der Waals surface area contributed by atoms with Gasteiger partial charge in [-0.2, -0.15) is 0 Å². The largest absolute Gasteiger partial charge is 0.0843 e. The van der Waals surface area contributed by atoms with Crippen molar-refractivity contribution in [2.75, 3.05) is 0 Å². The van der Waals surface area contributed by atoms with E-state index in [0.29, 0.717) is 0 Å². The van der Waals surface area contributed by atoms with Crippen LogP contribution in [-0.2, 0) is 10.8 Å². The molecule has 5 rings (SSSR count). The summed E-state index contributed by atoms with van der Waals surface area (Å²) in [6.45, 7) is 9.43. The lowest BCUT2D eigenvalue weighted by Gasteiger charge is -2.27. The van der Waals surface area contributed by atoms with Gasteiger partial charge in [0.25, 0.3) is 0 Å². The standard InChI is InChI=1S/C26H25Cl/c1-5-26(4)22-12-11-16(27)13-18(22)20-14-23-19(15-24(20)26)17-9-7-6-8-10-21(17)25(23,2)3/h6-9,11-15H,5,10H2,1-4H3. The van der Waals surface area contributed by atoms with E-state index in [1.54, 1.807) is 0 Å². The first-order valence-electron chi connectivity index (χ1n) is 9.94. The molecule has 0 fully saturated rings. The van der Waals surface area contributed by atoms with Gasteiger partial charge in [-0.15, -0.1) is 0 Å². The Kier molecular flexibility index (Phi) is 3.47. The molecule has 2 aromatic rings. The Hall–Kier alpha value is -2.05. The van der Waals surface area contributed by atoms with Crippen molar-refractivity contribution in [3.63, 3.8) is 0 Å². The number of halogens is 1. The van der Waals surface area contributed by atoms with Gasteiger partial charge in [-0.3, -0.25) is 0 Å². The first kappa shape index (κ1) is 17.1. The van der Waals surface area contributed by atoms with E-state index in [4.69, 9.17) is 11.6 Å². The van der Waals surface area contributed by atoms with Gasteiger partial charge in [0.05, 0.1) is 0 Å². The second kappa shape index (κ2) is 5.49. The maximum Gasteiger partial charge on any atom is 0.0412 e. The second-order valence-electron chi connectivity index (χ2n) is 8.83. The van der Waals surface area contributed by atoms with Crippen LogP contribution in [0.5, 0.6) is 0 Å². The molecule has 3 aliphatic rings. The Balaban J connectivity index is 1.83. The summed E-state index contributed by atoms with van der Waals surface area (Å²) in [4.78, 5) is 0. The minimum Gasteiger partial charge on any atom is -0.0843 e. The quantitative estimate of drug-likeness (QED) is 0.483. The molecule has 27 heavy (non-hydrogen) atoms. The van der Waals surface area contributed by atoms with E-state index in [1.165, 1.54) is 44.5 Å². The second-order valence-corrected chi connectivity index (χ2v) is 9.26. The molecule has 0 amide bonds. The van der Waals surface area contributed by atoms with Gasteiger partial charge in [-0.1, -0.05) is 69.7 Å². The average Bonchev–Trinajstić information content (AvgIpc) is 2.89. The molecule has 0 heterocycles. The summed E-state index contributed by atoms with van der Waals surface area (Å²) in [5, 5.41) is 0.821. The molecule has 0 aliphatic heterocycles. The van der Waals surface area contributed by atoms with Gasteiger partial charge in [0.2, 0.25) is 0 Å². The number of fused-ring (bicyclic) bond motifs is 5. The molecule has 0 saturated heterocycles. The summed E-state index contributed by atoms with van der Waals surface area (Å²) in [5.74, 6) is 0. The van der Waals surface area contributed by atoms with E-state index in [0.717, 1.165) is 17.9 Å². The highest BCUT2D eigenvalue weighted by Crippen LogP contribution is 2.56. The Morgan fingerprint density at radius 1 is 0.889 bits per heavy atom. The minimum absolute atomic E-state index is 0.0461. The first-order valence-corrected chi connectivity index (χ1v) is 10.3. The van der Waals surface area contributed by atoms with Crippen LogP contribution in [0.1, 0.15) is 62.8 Å². The summed E-state index contributed by atoms with van der Waals surface area (Å²) in [5.41, 5.74) is 11.5. The smallest absolute Gasteiger partial charge is 0.0412 e. The lowest BCUT2D eigenvalue weighted by Crippen LogP contribution is -2.20. The maximum absolute atomic E-state index is 6.39. The molecule has 0 saturated carbocycles. The van der Waals surface area contributed by atoms with Crippen LogP contribution in [-0.4, -0.2) is 0 Å². The van der Waals surface area contributed by atoms with E-state index in [-0.39, 0.29) is 10.8 Å². The zero-order valence-electron chi connectivity index (χ0n) is 16.5. The molecule has 136 valence electrons. The third-order valence-electron chi connectivity index (χ3n) is 7.20. The lowest BCUT2D eigenvalue weighted by molar-refractivity contribution is 0.563. The molecule has 0 spiro atoms. The van der Waals surface area contributed by atoms with Gasteiger partial charge in [0, 0.05) is 15.9 Å². The third-order valence-corrected chi connectivity index (χ3v) is 7.44. The summed E-state index contributed by atoms with van der Waals surface area (Å²) >= 11 is 6.39. The summed E-state index contributed by atoms with van der Waals surface area (Å²) in [6.07, 6.45) is 11.1. The molecule has 1 unspecified atom stereocenters. The van der Waals surface area contributed by atoms with E-state index in [2.05, 4.69) is 76.3 Å². The number of hydrogen-bond donors (Lipinski definition) is 0. The van der Waals surface area contributed by atoms with Crippen molar-refractivity contribution in [3.05, 3.63) is 87.5 Å². The van der Waals surface area contributed by atoms with Gasteiger partial charge >= 0.3 is 0 Å². The number of benzene rings is 2. The topological polar surface area (TPSA) is 0 Å². The maximum atomic E-state index is 6.39. The van der Waals surface area contributed by atoms with Crippen LogP contribution in [0, 0.1) is 0 Å². The molecule has 0 N–H and O–H groups in total. The Morgan fingerprint density at radius 2 is 1.63 bits per heavy atom. The van der Waals surface area contributed by atoms with E-state index < -0.39 is 0 Å². The molecular weight excluding hydrogens is 348 g/mol. The highest BCUT2D eigenvalue weighted by Gasteiger charge is 2.43. The van der Waals surface area contributed by atoms with Crippen LogP contribution < -0.4 is 0 Å². The Labute approximate surface area is 167 Å². The van der Waals surface area contributed by atoms with Crippen molar-refractivity contribution < 1.29 is 0 Å². The highest BCUT2D eigenvalue weighted by atomic mass is 35.5. The van der Waals surface area contributed by atoms with Gasteiger partial charge in [0.1, 0.15) is 0 Å². The summed E-state index contributed by atoms with van der Waals surface area (Å²) < 4.78 is 0. The zero-order valence-corrected chi connectivity index (χ0v) is 17.2. The van der Waals surface area contributed by atoms with Crippen molar-refractivity contribution in [3.8, 4) is 11.1 Å². The fourth-order valence-corrected chi connectivity index (χ4v) is 5.57. The van der Waals surface area contributed by atoms with Crippen molar-refractivity contribution in [1.82, 2.24) is 0 Å². The van der Waals surface area contributed by atoms with Crippen molar-refractivity contribution in [2.24, 2.45) is 0 Å². The first-order chi connectivity index (χ1) is 12.9. The molecule has 0 nitrogen and oxygen atoms in total. The molecule has 1 heteroatoms. The molecule has 0 bridgehead atoms. The molecule has 1 atom stereocenters. The number of hydrogen-bond acceptors (Lipinski definition) is 0. The average molecular weight is 373 g/mol. The van der Waals surface area contributed by atoms with Crippen LogP contribution in [0.4, 0.5) is 0 Å². The molecule has 0 radical (unpaired) electrons. The number of allylic oxidation sites excluding steroid dienone is 6. The predicted molar refractivity (Wildman–Crippen MR) is 116 cm³/mol. The van der Waals surface area contributed by atoms with Crippen molar-refractivity contribution >= 4 is 17.2 Å². The van der Waals surface area contributed by atoms with Crippen LogP contribution in [0.15, 0.2) is 60.2 Å². The zero-order chi connectivity index (χ0) is 19.0. The van der Waals surface area contributed by atoms with Crippen LogP contribution >= 0.6 is 11.6 Å². The number of rotatable bonds is 1. The van der Waals surface area contributed by atoms with E-state index in [9.17, 15) is 0 Å². The monoisotopic (exact) mass is 372 g/mol. The Bertz CT molecular complexity index is 1080. The summed E-state index contributed by atoms with van der Waals surface area (Å²) in [7, 11) is 0. The fraction of sp³-hybridized carbons (Fsp3) is 0.308. The van der Waals surface area contributed by atoms with Crippen LogP contribution in [0.2, 0.25) is 5.02 Å². The molecular formula is C26H25Cl. The lowest BCUT2D eigenvalue weighted by atomic mass is 9.76. The van der Waals surface area contributed by atoms with Gasteiger partial charge < -0.3 is 0 Å². The Morgan fingerprint density at radius 3 is 2.41 bits per heavy atom. The fourth-order valence-electron chi connectivity index (χ4n) is 5.40. The normalized spacial score (nSPS) is 23.7. The van der Waals surface area contributed by atoms with Gasteiger partial charge in [-0.25, -0.2) is 0 Å². The molecule has 3 aliphatic carbocycles. The molecule has 0 aromatic heterocycles.